The fraction of sp³-hybridized carbons (Fsp3) is 0.0833. The summed E-state index contributed by atoms with van der Waals surface area (Å²) in [5.74, 6) is 0.956. The molecule has 1 aromatic heterocycles. The number of methoxy groups -OCH3 is 1. The Balaban J connectivity index is 1.41. The molecular weight excluding hydrogens is 378 g/mol. The number of amides is 1. The van der Waals surface area contributed by atoms with Gasteiger partial charge in [0.1, 0.15) is 6.61 Å². The van der Waals surface area contributed by atoms with Gasteiger partial charge in [-0.3, -0.25) is 4.79 Å². The molecule has 0 atom stereocenters. The van der Waals surface area contributed by atoms with Crippen molar-refractivity contribution in [1.29, 1.82) is 0 Å². The third-order valence-corrected chi connectivity index (χ3v) is 4.64. The van der Waals surface area contributed by atoms with Gasteiger partial charge < -0.3 is 14.5 Å². The van der Waals surface area contributed by atoms with Gasteiger partial charge in [-0.15, -0.1) is 0 Å². The van der Waals surface area contributed by atoms with Gasteiger partial charge in [0.2, 0.25) is 0 Å². The standard InChI is InChI=1S/C24H21N3O3/c1-29-23-13-18(11-12-22(23)30-16-17-7-3-2-4-8-17)14-26-27-24(28)20-15-25-21-10-6-5-9-19(20)21/h2-15,25H,16H2,1H3,(H,27,28)/b26-14+. The van der Waals surface area contributed by atoms with Crippen LogP contribution in [0.3, 0.4) is 0 Å². The van der Waals surface area contributed by atoms with E-state index in [-0.39, 0.29) is 5.91 Å². The number of nitrogens with one attached hydrogen (secondary N) is 2. The number of ether oxygens (including phenoxy) is 2. The summed E-state index contributed by atoms with van der Waals surface area (Å²) in [6, 6.07) is 23.0. The van der Waals surface area contributed by atoms with Crippen LogP contribution in [0.2, 0.25) is 0 Å². The lowest BCUT2D eigenvalue weighted by molar-refractivity contribution is 0.0957. The third-order valence-electron chi connectivity index (χ3n) is 4.64. The SMILES string of the molecule is COc1cc(/C=N/NC(=O)c2c[nH]c3ccccc23)ccc1OCc1ccccc1. The first-order valence-corrected chi connectivity index (χ1v) is 9.49. The molecule has 0 bridgehead atoms. The largest absolute Gasteiger partial charge is 0.493 e. The highest BCUT2D eigenvalue weighted by Crippen LogP contribution is 2.28. The number of hydrogen-bond acceptors (Lipinski definition) is 4. The van der Waals surface area contributed by atoms with E-state index in [1.807, 2.05) is 72.8 Å². The molecule has 6 nitrogen and oxygen atoms in total. The topological polar surface area (TPSA) is 75.7 Å². The van der Waals surface area contributed by atoms with Gasteiger partial charge in [-0.05, 0) is 35.4 Å². The number of nitrogens with zero attached hydrogens (tertiary/aromatic N) is 1. The molecule has 0 aliphatic heterocycles. The van der Waals surface area contributed by atoms with Gasteiger partial charge >= 0.3 is 0 Å². The summed E-state index contributed by atoms with van der Waals surface area (Å²) in [6.07, 6.45) is 3.24. The van der Waals surface area contributed by atoms with Crippen molar-refractivity contribution < 1.29 is 14.3 Å². The molecule has 0 radical (unpaired) electrons. The Labute approximate surface area is 174 Å². The van der Waals surface area contributed by atoms with Gasteiger partial charge in [0, 0.05) is 17.1 Å². The average Bonchev–Trinajstić information content (AvgIpc) is 3.23. The van der Waals surface area contributed by atoms with Crippen LogP contribution in [0.1, 0.15) is 21.5 Å². The summed E-state index contributed by atoms with van der Waals surface area (Å²) in [6.45, 7) is 0.450. The molecule has 3 aromatic carbocycles. The molecule has 1 heterocycles. The highest BCUT2D eigenvalue weighted by molar-refractivity contribution is 6.06. The van der Waals surface area contributed by atoms with Crippen LogP contribution < -0.4 is 14.9 Å². The first-order chi connectivity index (χ1) is 14.7. The van der Waals surface area contributed by atoms with Crippen LogP contribution in [-0.2, 0) is 6.61 Å². The number of hydrazone groups is 1. The zero-order valence-electron chi connectivity index (χ0n) is 16.5. The number of carbonyl (C=O) groups is 1. The number of aromatic nitrogens is 1. The lowest BCUT2D eigenvalue weighted by Gasteiger charge is -2.11. The minimum Gasteiger partial charge on any atom is -0.493 e. The van der Waals surface area contributed by atoms with E-state index in [0.717, 1.165) is 22.0 Å². The Morgan fingerprint density at radius 1 is 1.03 bits per heavy atom. The maximum absolute atomic E-state index is 12.4. The lowest BCUT2D eigenvalue weighted by atomic mass is 10.2. The summed E-state index contributed by atoms with van der Waals surface area (Å²) in [5, 5.41) is 4.92. The molecule has 0 spiro atoms. The van der Waals surface area contributed by atoms with Crippen LogP contribution in [0.25, 0.3) is 10.9 Å². The molecule has 4 aromatic rings. The maximum Gasteiger partial charge on any atom is 0.273 e. The molecule has 1 amide bonds. The summed E-state index contributed by atoms with van der Waals surface area (Å²) in [7, 11) is 1.59. The predicted molar refractivity (Wildman–Crippen MR) is 117 cm³/mol. The Morgan fingerprint density at radius 2 is 1.83 bits per heavy atom. The van der Waals surface area contributed by atoms with E-state index < -0.39 is 0 Å². The number of para-hydroxylation sites is 1. The number of hydrogen-bond donors (Lipinski definition) is 2. The monoisotopic (exact) mass is 399 g/mol. The Hall–Kier alpha value is -4.06. The number of H-pyrrole nitrogens is 1. The molecule has 0 unspecified atom stereocenters. The van der Waals surface area contributed by atoms with Crippen molar-refractivity contribution in [3.05, 3.63) is 95.7 Å². The fourth-order valence-electron chi connectivity index (χ4n) is 3.10. The van der Waals surface area contributed by atoms with E-state index >= 15 is 0 Å². The molecule has 30 heavy (non-hydrogen) atoms. The van der Waals surface area contributed by atoms with Crippen LogP contribution in [0.5, 0.6) is 11.5 Å². The predicted octanol–water partition coefficient (Wildman–Crippen LogP) is 4.52. The highest BCUT2D eigenvalue weighted by atomic mass is 16.5. The minimum atomic E-state index is -0.279. The van der Waals surface area contributed by atoms with Crippen LogP contribution in [0.15, 0.2) is 84.1 Å². The molecule has 2 N–H and O–H groups in total. The van der Waals surface area contributed by atoms with Gasteiger partial charge in [-0.1, -0.05) is 48.5 Å². The number of rotatable bonds is 7. The van der Waals surface area contributed by atoms with E-state index in [1.165, 1.54) is 0 Å². The van der Waals surface area contributed by atoms with Crippen molar-refractivity contribution in [2.75, 3.05) is 7.11 Å². The van der Waals surface area contributed by atoms with E-state index in [9.17, 15) is 4.79 Å². The molecule has 0 fully saturated rings. The van der Waals surface area contributed by atoms with Gasteiger partial charge in [0.25, 0.3) is 5.91 Å². The summed E-state index contributed by atoms with van der Waals surface area (Å²) in [5.41, 5.74) is 5.86. The first kappa shape index (κ1) is 19.3. The van der Waals surface area contributed by atoms with Gasteiger partial charge in [-0.25, -0.2) is 5.43 Å². The average molecular weight is 399 g/mol. The van der Waals surface area contributed by atoms with Crippen molar-refractivity contribution >= 4 is 23.0 Å². The molecule has 0 saturated carbocycles. The van der Waals surface area contributed by atoms with Crippen LogP contribution in [-0.4, -0.2) is 24.2 Å². The Kier molecular flexibility index (Phi) is 5.75. The fourth-order valence-corrected chi connectivity index (χ4v) is 3.10. The van der Waals surface area contributed by atoms with Crippen molar-refractivity contribution in [1.82, 2.24) is 10.4 Å². The Morgan fingerprint density at radius 3 is 2.67 bits per heavy atom. The number of carbonyl (C=O) groups excluding carboxylic acids is 1. The molecule has 150 valence electrons. The van der Waals surface area contributed by atoms with E-state index in [2.05, 4.69) is 15.5 Å². The van der Waals surface area contributed by atoms with Crippen LogP contribution >= 0.6 is 0 Å². The second-order valence-electron chi connectivity index (χ2n) is 6.63. The molecular formula is C24H21N3O3. The van der Waals surface area contributed by atoms with Crippen molar-refractivity contribution in [3.63, 3.8) is 0 Å². The van der Waals surface area contributed by atoms with Crippen LogP contribution in [0, 0.1) is 0 Å². The lowest BCUT2D eigenvalue weighted by Crippen LogP contribution is -2.17. The maximum atomic E-state index is 12.4. The molecule has 0 aliphatic carbocycles. The minimum absolute atomic E-state index is 0.279. The first-order valence-electron chi connectivity index (χ1n) is 9.49. The van der Waals surface area contributed by atoms with E-state index in [1.54, 1.807) is 19.5 Å². The highest BCUT2D eigenvalue weighted by Gasteiger charge is 2.10. The van der Waals surface area contributed by atoms with Crippen LogP contribution in [0.4, 0.5) is 0 Å². The van der Waals surface area contributed by atoms with E-state index in [0.29, 0.717) is 23.7 Å². The smallest absolute Gasteiger partial charge is 0.273 e. The van der Waals surface area contributed by atoms with Crippen molar-refractivity contribution in [3.8, 4) is 11.5 Å². The second-order valence-corrected chi connectivity index (χ2v) is 6.63. The zero-order chi connectivity index (χ0) is 20.8. The zero-order valence-corrected chi connectivity index (χ0v) is 16.5. The van der Waals surface area contributed by atoms with E-state index in [4.69, 9.17) is 9.47 Å². The molecule has 6 heteroatoms. The number of benzene rings is 3. The van der Waals surface area contributed by atoms with Gasteiger partial charge in [-0.2, -0.15) is 5.10 Å². The molecule has 4 rings (SSSR count). The summed E-state index contributed by atoms with van der Waals surface area (Å²) < 4.78 is 11.3. The second kappa shape index (κ2) is 8.96. The quantitative estimate of drug-likeness (QED) is 0.354. The summed E-state index contributed by atoms with van der Waals surface area (Å²) in [4.78, 5) is 15.5. The third kappa shape index (κ3) is 4.33. The Bertz CT molecular complexity index is 1180. The normalized spacial score (nSPS) is 11.0. The van der Waals surface area contributed by atoms with Crippen molar-refractivity contribution in [2.45, 2.75) is 6.61 Å². The van der Waals surface area contributed by atoms with Gasteiger partial charge in [0.15, 0.2) is 11.5 Å². The molecule has 0 saturated heterocycles. The van der Waals surface area contributed by atoms with Gasteiger partial charge in [0.05, 0.1) is 18.9 Å². The number of aromatic amines is 1. The summed E-state index contributed by atoms with van der Waals surface area (Å²) >= 11 is 0. The van der Waals surface area contributed by atoms with Crippen molar-refractivity contribution in [2.24, 2.45) is 5.10 Å². The number of fused-ring (bicyclic) bond motifs is 1. The molecule has 0 aliphatic rings.